The molecule has 1 aliphatic rings. The first-order valence-corrected chi connectivity index (χ1v) is 9.34. The van der Waals surface area contributed by atoms with Crippen molar-refractivity contribution in [2.75, 3.05) is 24.3 Å². The van der Waals surface area contributed by atoms with Gasteiger partial charge in [-0.25, -0.2) is 4.98 Å². The van der Waals surface area contributed by atoms with Crippen molar-refractivity contribution in [2.24, 2.45) is 11.3 Å². The van der Waals surface area contributed by atoms with Gasteiger partial charge in [0, 0.05) is 12.6 Å². The van der Waals surface area contributed by atoms with Gasteiger partial charge in [0.15, 0.2) is 0 Å². The zero-order chi connectivity index (χ0) is 19.4. The molecule has 27 heavy (non-hydrogen) atoms. The lowest BCUT2D eigenvalue weighted by Gasteiger charge is -2.51. The second kappa shape index (κ2) is 7.83. The normalized spacial score (nSPS) is 20.3. The molecule has 1 aromatic carbocycles. The van der Waals surface area contributed by atoms with Crippen LogP contribution in [0.5, 0.6) is 5.75 Å². The van der Waals surface area contributed by atoms with Crippen LogP contribution in [0.2, 0.25) is 0 Å². The van der Waals surface area contributed by atoms with E-state index >= 15 is 0 Å². The fraction of sp³-hybridized carbons (Fsp3) is 0.476. The first kappa shape index (κ1) is 19.0. The van der Waals surface area contributed by atoms with Crippen molar-refractivity contribution in [3.63, 3.8) is 0 Å². The van der Waals surface area contributed by atoms with Crippen molar-refractivity contribution < 1.29 is 4.74 Å². The minimum absolute atomic E-state index is 0.194. The molecule has 1 aromatic heterocycles. The highest BCUT2D eigenvalue weighted by atomic mass is 16.5. The van der Waals surface area contributed by atoms with Crippen LogP contribution in [0.3, 0.4) is 0 Å². The van der Waals surface area contributed by atoms with Crippen LogP contribution >= 0.6 is 0 Å². The average molecular weight is 365 g/mol. The van der Waals surface area contributed by atoms with Gasteiger partial charge >= 0.3 is 0 Å². The molecule has 3 rings (SSSR count). The van der Waals surface area contributed by atoms with E-state index in [0.29, 0.717) is 35.8 Å². The van der Waals surface area contributed by atoms with Gasteiger partial charge in [0.1, 0.15) is 23.2 Å². The van der Waals surface area contributed by atoms with Crippen LogP contribution < -0.4 is 15.4 Å². The first-order valence-electron chi connectivity index (χ1n) is 9.34. The minimum atomic E-state index is 0.194. The second-order valence-electron chi connectivity index (χ2n) is 7.75. The van der Waals surface area contributed by atoms with Gasteiger partial charge in [-0.05, 0) is 41.9 Å². The Morgan fingerprint density at radius 3 is 2.63 bits per heavy atom. The highest BCUT2D eigenvalue weighted by Crippen LogP contribution is 2.47. The third-order valence-corrected chi connectivity index (χ3v) is 5.83. The van der Waals surface area contributed by atoms with Gasteiger partial charge in [-0.3, -0.25) is 0 Å². The van der Waals surface area contributed by atoms with Gasteiger partial charge in [0.2, 0.25) is 5.95 Å². The Hall–Kier alpha value is -2.81. The highest BCUT2D eigenvalue weighted by Gasteiger charge is 2.45. The molecule has 0 unspecified atom stereocenters. The van der Waals surface area contributed by atoms with Crippen LogP contribution in [0.25, 0.3) is 0 Å². The van der Waals surface area contributed by atoms with E-state index in [9.17, 15) is 5.26 Å². The molecule has 0 spiro atoms. The Labute approximate surface area is 161 Å². The monoisotopic (exact) mass is 365 g/mol. The van der Waals surface area contributed by atoms with Crippen molar-refractivity contribution in [1.29, 1.82) is 5.26 Å². The van der Waals surface area contributed by atoms with E-state index in [-0.39, 0.29) is 5.41 Å². The van der Waals surface area contributed by atoms with Crippen LogP contribution in [-0.4, -0.2) is 29.7 Å². The van der Waals surface area contributed by atoms with Crippen LogP contribution in [0, 0.1) is 22.7 Å². The van der Waals surface area contributed by atoms with Gasteiger partial charge in [-0.15, -0.1) is 0 Å². The van der Waals surface area contributed by atoms with E-state index in [1.807, 2.05) is 24.3 Å². The fourth-order valence-electron chi connectivity index (χ4n) is 3.32. The van der Waals surface area contributed by atoms with Crippen LogP contribution in [0.1, 0.15) is 38.3 Å². The number of rotatable bonds is 7. The van der Waals surface area contributed by atoms with E-state index in [1.54, 1.807) is 13.3 Å². The number of methoxy groups -OCH3 is 1. The number of nitrogens with zero attached hydrogens (tertiary/aromatic N) is 3. The van der Waals surface area contributed by atoms with Crippen molar-refractivity contribution in [3.8, 4) is 11.8 Å². The molecular formula is C21H27N5O. The molecule has 0 saturated heterocycles. The van der Waals surface area contributed by atoms with Gasteiger partial charge in [0.25, 0.3) is 0 Å². The predicted octanol–water partition coefficient (Wildman–Crippen LogP) is 3.86. The first-order chi connectivity index (χ1) is 12.9. The molecule has 1 saturated carbocycles. The molecule has 1 aliphatic carbocycles. The Kier molecular flexibility index (Phi) is 5.50. The van der Waals surface area contributed by atoms with Gasteiger partial charge in [-0.1, -0.05) is 32.9 Å². The van der Waals surface area contributed by atoms with E-state index in [0.717, 1.165) is 18.6 Å². The van der Waals surface area contributed by atoms with Crippen LogP contribution in [-0.2, 0) is 6.42 Å². The lowest BCUT2D eigenvalue weighted by Crippen LogP contribution is -2.52. The van der Waals surface area contributed by atoms with E-state index < -0.39 is 0 Å². The summed E-state index contributed by atoms with van der Waals surface area (Å²) in [5.41, 5.74) is 1.88. The van der Waals surface area contributed by atoms with E-state index in [1.165, 1.54) is 5.56 Å². The smallest absolute Gasteiger partial charge is 0.224 e. The summed E-state index contributed by atoms with van der Waals surface area (Å²) < 4.78 is 5.18. The van der Waals surface area contributed by atoms with Gasteiger partial charge in [0.05, 0.1) is 13.3 Å². The Morgan fingerprint density at radius 1 is 1.30 bits per heavy atom. The molecular weight excluding hydrogens is 338 g/mol. The summed E-state index contributed by atoms with van der Waals surface area (Å²) >= 11 is 0. The number of ether oxygens (including phenoxy) is 1. The number of aromatic nitrogens is 2. The zero-order valence-corrected chi connectivity index (χ0v) is 16.4. The summed E-state index contributed by atoms with van der Waals surface area (Å²) in [6.45, 7) is 7.47. The Morgan fingerprint density at radius 2 is 2.04 bits per heavy atom. The van der Waals surface area contributed by atoms with E-state index in [2.05, 4.69) is 47.4 Å². The number of anilines is 2. The van der Waals surface area contributed by atoms with Crippen LogP contribution in [0.15, 0.2) is 30.5 Å². The minimum Gasteiger partial charge on any atom is -0.497 e. The summed E-state index contributed by atoms with van der Waals surface area (Å²) in [5.74, 6) is 2.66. The Balaban J connectivity index is 1.61. The van der Waals surface area contributed by atoms with Crippen molar-refractivity contribution in [2.45, 2.75) is 39.7 Å². The van der Waals surface area contributed by atoms with Gasteiger partial charge in [-0.2, -0.15) is 10.2 Å². The number of hydrogen-bond acceptors (Lipinski definition) is 6. The molecule has 2 N–H and O–H groups in total. The summed E-state index contributed by atoms with van der Waals surface area (Å²) in [7, 11) is 1.66. The third-order valence-electron chi connectivity index (χ3n) is 5.83. The molecule has 6 heteroatoms. The lowest BCUT2D eigenvalue weighted by molar-refractivity contribution is 0.0654. The summed E-state index contributed by atoms with van der Waals surface area (Å²) in [6, 6.07) is 10.5. The predicted molar refractivity (Wildman–Crippen MR) is 107 cm³/mol. The summed E-state index contributed by atoms with van der Waals surface area (Å²) in [5, 5.41) is 16.1. The number of nitriles is 1. The highest BCUT2D eigenvalue weighted by molar-refractivity contribution is 5.54. The maximum absolute atomic E-state index is 9.36. The van der Waals surface area contributed by atoms with Crippen LogP contribution in [0.4, 0.5) is 11.8 Å². The molecule has 1 fully saturated rings. The molecule has 0 amide bonds. The summed E-state index contributed by atoms with van der Waals surface area (Å²) in [4.78, 5) is 8.81. The fourth-order valence-corrected chi connectivity index (χ4v) is 3.32. The van der Waals surface area contributed by atoms with Gasteiger partial charge < -0.3 is 15.4 Å². The quantitative estimate of drug-likeness (QED) is 0.775. The van der Waals surface area contributed by atoms with Crippen molar-refractivity contribution >= 4 is 11.8 Å². The zero-order valence-electron chi connectivity index (χ0n) is 16.4. The number of hydrogen-bond donors (Lipinski definition) is 2. The molecule has 0 bridgehead atoms. The average Bonchev–Trinajstić information content (AvgIpc) is 2.68. The third kappa shape index (κ3) is 4.13. The molecule has 142 valence electrons. The molecule has 2 atom stereocenters. The maximum Gasteiger partial charge on any atom is 0.224 e. The molecule has 0 aliphatic heterocycles. The van der Waals surface area contributed by atoms with E-state index in [4.69, 9.17) is 4.74 Å². The molecule has 1 heterocycles. The topological polar surface area (TPSA) is 82.9 Å². The largest absolute Gasteiger partial charge is 0.497 e. The summed E-state index contributed by atoms with van der Waals surface area (Å²) in [6.07, 6.45) is 3.52. The lowest BCUT2D eigenvalue weighted by atomic mass is 9.59. The second-order valence-corrected chi connectivity index (χ2v) is 7.75. The Bertz CT molecular complexity index is 825. The van der Waals surface area contributed by atoms with Crippen molar-refractivity contribution in [3.05, 3.63) is 41.6 Å². The molecule has 6 nitrogen and oxygen atoms in total. The standard InChI is InChI=1S/C21H27N5O/c1-14-11-18(21(14,2)3)25-19-16(12-22)13-24-20(26-19)23-10-9-15-5-7-17(27-4)8-6-15/h5-8,13-14,18H,9-11H2,1-4H3,(H2,23,24,25,26)/t14-,18+/m0/s1. The SMILES string of the molecule is COc1ccc(CCNc2ncc(C#N)c(N[C@@H]3C[C@H](C)C3(C)C)n2)cc1. The maximum atomic E-state index is 9.36. The molecule has 0 radical (unpaired) electrons. The number of nitrogens with one attached hydrogen (secondary N) is 2. The number of benzene rings is 1. The molecule has 2 aromatic rings. The van der Waals surface area contributed by atoms with Crippen molar-refractivity contribution in [1.82, 2.24) is 9.97 Å².